The first kappa shape index (κ1) is 21.7. The first-order valence-corrected chi connectivity index (χ1v) is 11.6. The molecule has 2 aromatic carbocycles. The summed E-state index contributed by atoms with van der Waals surface area (Å²) in [5, 5.41) is 7.49. The molecule has 0 radical (unpaired) electrons. The minimum atomic E-state index is -0.180. The first-order chi connectivity index (χ1) is 16.4. The highest BCUT2D eigenvalue weighted by atomic mass is 32.1. The highest BCUT2D eigenvalue weighted by Gasteiger charge is 2.13. The molecule has 8 nitrogen and oxygen atoms in total. The number of hydrogen-bond acceptors (Lipinski definition) is 7. The van der Waals surface area contributed by atoms with Gasteiger partial charge < -0.3 is 10.1 Å². The Morgan fingerprint density at radius 1 is 1.00 bits per heavy atom. The van der Waals surface area contributed by atoms with Crippen LogP contribution in [0.4, 0.5) is 5.69 Å². The molecule has 5 rings (SSSR count). The van der Waals surface area contributed by atoms with Gasteiger partial charge in [0.05, 0.1) is 21.4 Å². The number of fused-ring (bicyclic) bond motifs is 1. The molecule has 34 heavy (non-hydrogen) atoms. The third-order valence-corrected chi connectivity index (χ3v) is 6.39. The van der Waals surface area contributed by atoms with Gasteiger partial charge in [0.15, 0.2) is 5.82 Å². The van der Waals surface area contributed by atoms with E-state index in [2.05, 4.69) is 25.4 Å². The van der Waals surface area contributed by atoms with E-state index in [-0.39, 0.29) is 5.91 Å². The highest BCUT2D eigenvalue weighted by molar-refractivity contribution is 7.16. The van der Waals surface area contributed by atoms with Crippen molar-refractivity contribution < 1.29 is 9.53 Å². The summed E-state index contributed by atoms with van der Waals surface area (Å²) in [6.07, 6.45) is 0. The van der Waals surface area contributed by atoms with Crippen molar-refractivity contribution in [2.24, 2.45) is 0 Å². The number of anilines is 1. The molecule has 0 fully saturated rings. The van der Waals surface area contributed by atoms with E-state index in [1.54, 1.807) is 46.6 Å². The number of aromatic nitrogens is 5. The number of hydrogen-bond donors (Lipinski definition) is 1. The standard InChI is InChI=1S/C25H22N6O2S/c1-14-15(2)30-31(16(14)3)23-12-24(28-17(4)27-23)33-20-8-6-19(7-9-20)29-25(32)18-5-10-21-22(11-18)34-13-26-21/h5-13H,1-4H3,(H,29,32). The third kappa shape index (κ3) is 4.25. The summed E-state index contributed by atoms with van der Waals surface area (Å²) in [6.45, 7) is 7.84. The van der Waals surface area contributed by atoms with Crippen molar-refractivity contribution in [1.29, 1.82) is 0 Å². The molecule has 0 atom stereocenters. The lowest BCUT2D eigenvalue weighted by molar-refractivity contribution is 0.102. The number of nitrogens with zero attached hydrogens (tertiary/aromatic N) is 5. The zero-order valence-electron chi connectivity index (χ0n) is 19.2. The van der Waals surface area contributed by atoms with Gasteiger partial charge in [-0.1, -0.05) is 0 Å². The smallest absolute Gasteiger partial charge is 0.255 e. The Kier molecular flexibility index (Phi) is 5.54. The van der Waals surface area contributed by atoms with Crippen molar-refractivity contribution in [1.82, 2.24) is 24.7 Å². The van der Waals surface area contributed by atoms with Gasteiger partial charge in [-0.2, -0.15) is 10.1 Å². The van der Waals surface area contributed by atoms with Gasteiger partial charge in [-0.05, 0) is 75.7 Å². The molecule has 0 spiro atoms. The van der Waals surface area contributed by atoms with Gasteiger partial charge in [0, 0.05) is 23.0 Å². The molecule has 5 aromatic rings. The van der Waals surface area contributed by atoms with Crippen LogP contribution < -0.4 is 10.1 Å². The van der Waals surface area contributed by atoms with Gasteiger partial charge in [0.1, 0.15) is 11.6 Å². The maximum Gasteiger partial charge on any atom is 0.255 e. The number of carbonyl (C=O) groups excluding carboxylic acids is 1. The van der Waals surface area contributed by atoms with E-state index < -0.39 is 0 Å². The van der Waals surface area contributed by atoms with Crippen LogP contribution in [0.5, 0.6) is 11.6 Å². The molecule has 0 aliphatic carbocycles. The second-order valence-corrected chi connectivity index (χ2v) is 8.82. The average molecular weight is 471 g/mol. The number of aryl methyl sites for hydroxylation is 2. The molecular formula is C25H22N6O2S. The van der Waals surface area contributed by atoms with Gasteiger partial charge in [-0.15, -0.1) is 11.3 Å². The fourth-order valence-electron chi connectivity index (χ4n) is 3.56. The van der Waals surface area contributed by atoms with E-state index in [0.29, 0.717) is 34.5 Å². The van der Waals surface area contributed by atoms with Crippen molar-refractivity contribution in [3.8, 4) is 17.4 Å². The number of carbonyl (C=O) groups is 1. The van der Waals surface area contributed by atoms with E-state index in [1.807, 2.05) is 39.8 Å². The van der Waals surface area contributed by atoms with Crippen molar-refractivity contribution in [3.05, 3.63) is 82.4 Å². The van der Waals surface area contributed by atoms with Gasteiger partial charge >= 0.3 is 0 Å². The Balaban J connectivity index is 1.31. The molecule has 3 aromatic heterocycles. The van der Waals surface area contributed by atoms with Gasteiger partial charge in [0.25, 0.3) is 5.91 Å². The fourth-order valence-corrected chi connectivity index (χ4v) is 4.27. The normalized spacial score (nSPS) is 11.1. The van der Waals surface area contributed by atoms with E-state index in [0.717, 1.165) is 27.2 Å². The van der Waals surface area contributed by atoms with Crippen LogP contribution in [0.1, 0.15) is 33.1 Å². The predicted octanol–water partition coefficient (Wildman–Crippen LogP) is 5.55. The Morgan fingerprint density at radius 3 is 2.53 bits per heavy atom. The van der Waals surface area contributed by atoms with E-state index in [9.17, 15) is 4.79 Å². The molecular weight excluding hydrogens is 448 g/mol. The van der Waals surface area contributed by atoms with Crippen LogP contribution in [0, 0.1) is 27.7 Å². The lowest BCUT2D eigenvalue weighted by Crippen LogP contribution is -2.11. The van der Waals surface area contributed by atoms with E-state index >= 15 is 0 Å². The van der Waals surface area contributed by atoms with E-state index in [4.69, 9.17) is 4.74 Å². The Hall–Kier alpha value is -4.11. The minimum Gasteiger partial charge on any atom is -0.439 e. The number of rotatable bonds is 5. The van der Waals surface area contributed by atoms with Crippen LogP contribution in [0.15, 0.2) is 54.0 Å². The second-order valence-electron chi connectivity index (χ2n) is 7.93. The van der Waals surface area contributed by atoms with Gasteiger partial charge in [0.2, 0.25) is 5.88 Å². The maximum atomic E-state index is 12.6. The van der Waals surface area contributed by atoms with Crippen molar-refractivity contribution >= 4 is 33.1 Å². The minimum absolute atomic E-state index is 0.180. The lowest BCUT2D eigenvalue weighted by Gasteiger charge is -2.10. The number of ether oxygens (including phenoxy) is 1. The molecule has 0 unspecified atom stereocenters. The molecule has 0 saturated heterocycles. The summed E-state index contributed by atoms with van der Waals surface area (Å²) in [4.78, 5) is 25.8. The quantitative estimate of drug-likeness (QED) is 0.362. The molecule has 1 N–H and O–H groups in total. The average Bonchev–Trinajstić information content (AvgIpc) is 3.39. The van der Waals surface area contributed by atoms with Crippen molar-refractivity contribution in [2.75, 3.05) is 5.32 Å². The van der Waals surface area contributed by atoms with Crippen LogP contribution >= 0.6 is 11.3 Å². The zero-order valence-corrected chi connectivity index (χ0v) is 20.0. The number of nitrogens with one attached hydrogen (secondary N) is 1. The molecule has 170 valence electrons. The van der Waals surface area contributed by atoms with Gasteiger partial charge in [-0.3, -0.25) is 4.79 Å². The SMILES string of the molecule is Cc1nc(Oc2ccc(NC(=O)c3ccc4ncsc4c3)cc2)cc(-n2nc(C)c(C)c2C)n1. The van der Waals surface area contributed by atoms with Gasteiger partial charge in [-0.25, -0.2) is 14.6 Å². The second kappa shape index (κ2) is 8.68. The van der Waals surface area contributed by atoms with Crippen LogP contribution in [0.3, 0.4) is 0 Å². The monoisotopic (exact) mass is 470 g/mol. The zero-order chi connectivity index (χ0) is 23.8. The summed E-state index contributed by atoms with van der Waals surface area (Å²) in [6, 6.07) is 14.4. The molecule has 3 heterocycles. The number of benzene rings is 2. The van der Waals surface area contributed by atoms with Crippen LogP contribution in [0.2, 0.25) is 0 Å². The third-order valence-electron chi connectivity index (χ3n) is 5.60. The maximum absolute atomic E-state index is 12.6. The fraction of sp³-hybridized carbons (Fsp3) is 0.160. The van der Waals surface area contributed by atoms with Crippen LogP contribution in [0.25, 0.3) is 16.0 Å². The topological polar surface area (TPSA) is 94.8 Å². The Bertz CT molecular complexity index is 1520. The summed E-state index contributed by atoms with van der Waals surface area (Å²) in [5.74, 6) is 2.07. The van der Waals surface area contributed by atoms with Crippen molar-refractivity contribution in [3.63, 3.8) is 0 Å². The predicted molar refractivity (Wildman–Crippen MR) is 132 cm³/mol. The summed E-state index contributed by atoms with van der Waals surface area (Å²) >= 11 is 1.51. The Morgan fingerprint density at radius 2 is 1.79 bits per heavy atom. The summed E-state index contributed by atoms with van der Waals surface area (Å²) in [5.41, 5.74) is 7.02. The van der Waals surface area contributed by atoms with Crippen LogP contribution in [-0.2, 0) is 0 Å². The molecule has 0 bridgehead atoms. The molecule has 1 amide bonds. The molecule has 0 saturated carbocycles. The highest BCUT2D eigenvalue weighted by Crippen LogP contribution is 2.25. The van der Waals surface area contributed by atoms with E-state index in [1.165, 1.54) is 11.3 Å². The molecule has 9 heteroatoms. The lowest BCUT2D eigenvalue weighted by atomic mass is 10.2. The van der Waals surface area contributed by atoms with Crippen molar-refractivity contribution in [2.45, 2.75) is 27.7 Å². The largest absolute Gasteiger partial charge is 0.439 e. The molecule has 0 aliphatic rings. The number of thiazole rings is 1. The summed E-state index contributed by atoms with van der Waals surface area (Å²) in [7, 11) is 0. The first-order valence-electron chi connectivity index (χ1n) is 10.7. The van der Waals surface area contributed by atoms with Crippen LogP contribution in [-0.4, -0.2) is 30.6 Å². The number of amides is 1. The molecule has 0 aliphatic heterocycles. The summed E-state index contributed by atoms with van der Waals surface area (Å²) < 4.78 is 8.75. The Labute approximate surface area is 200 Å².